The molecule has 0 saturated carbocycles. The Bertz CT molecular complexity index is 590. The smallest absolute Gasteiger partial charge is 0.214 e. The summed E-state index contributed by atoms with van der Waals surface area (Å²) in [5, 5.41) is 1.17. The van der Waals surface area contributed by atoms with Gasteiger partial charge in [0.2, 0.25) is 5.88 Å². The van der Waals surface area contributed by atoms with Crippen molar-refractivity contribution in [1.82, 2.24) is 19.9 Å². The summed E-state index contributed by atoms with van der Waals surface area (Å²) in [5.41, 5.74) is 0.713. The third-order valence-corrected chi connectivity index (χ3v) is 3.51. The van der Waals surface area contributed by atoms with Gasteiger partial charge >= 0.3 is 0 Å². The molecule has 1 aliphatic heterocycles. The predicted octanol–water partition coefficient (Wildman–Crippen LogP) is 1.39. The standard InChI is InChI=1S/C13H15ClN4O2/c14-13-10-7-12(15-8-11(10)16-9-17-13)20-6-3-18-1-4-19-5-2-18/h7-9H,1-6H2. The third-order valence-electron chi connectivity index (χ3n) is 3.21. The summed E-state index contributed by atoms with van der Waals surface area (Å²) in [4.78, 5) is 14.6. The van der Waals surface area contributed by atoms with E-state index < -0.39 is 0 Å². The molecule has 2 aromatic heterocycles. The monoisotopic (exact) mass is 294 g/mol. The Hall–Kier alpha value is -1.50. The molecule has 3 heterocycles. The van der Waals surface area contributed by atoms with Crippen molar-refractivity contribution in [1.29, 1.82) is 0 Å². The molecule has 20 heavy (non-hydrogen) atoms. The van der Waals surface area contributed by atoms with Crippen LogP contribution in [0.1, 0.15) is 0 Å². The van der Waals surface area contributed by atoms with E-state index in [0.29, 0.717) is 23.2 Å². The number of morpholine rings is 1. The van der Waals surface area contributed by atoms with Crippen LogP contribution >= 0.6 is 11.6 Å². The van der Waals surface area contributed by atoms with Crippen molar-refractivity contribution >= 4 is 22.5 Å². The molecule has 6 nitrogen and oxygen atoms in total. The summed E-state index contributed by atoms with van der Waals surface area (Å²) in [6.45, 7) is 4.94. The second kappa shape index (κ2) is 6.30. The van der Waals surface area contributed by atoms with Gasteiger partial charge in [0.05, 0.1) is 24.9 Å². The quantitative estimate of drug-likeness (QED) is 0.794. The SMILES string of the molecule is Clc1ncnc2cnc(OCCN3CCOCC3)cc12. The van der Waals surface area contributed by atoms with Crippen LogP contribution in [-0.4, -0.2) is 59.3 Å². The van der Waals surface area contributed by atoms with Crippen LogP contribution in [0.25, 0.3) is 10.9 Å². The van der Waals surface area contributed by atoms with Crippen LogP contribution < -0.4 is 4.74 Å². The summed E-state index contributed by atoms with van der Waals surface area (Å²) >= 11 is 6.03. The Morgan fingerprint density at radius 1 is 1.25 bits per heavy atom. The topological polar surface area (TPSA) is 60.4 Å². The maximum absolute atomic E-state index is 6.03. The van der Waals surface area contributed by atoms with Gasteiger partial charge in [-0.1, -0.05) is 11.6 Å². The number of halogens is 1. The Labute approximate surface area is 121 Å². The number of pyridine rings is 1. The van der Waals surface area contributed by atoms with E-state index in [9.17, 15) is 0 Å². The Morgan fingerprint density at radius 2 is 2.10 bits per heavy atom. The van der Waals surface area contributed by atoms with Gasteiger partial charge < -0.3 is 9.47 Å². The summed E-state index contributed by atoms with van der Waals surface area (Å²) in [6.07, 6.45) is 3.07. The highest BCUT2D eigenvalue weighted by molar-refractivity contribution is 6.34. The summed E-state index contributed by atoms with van der Waals surface area (Å²) in [7, 11) is 0. The average molecular weight is 295 g/mol. The third kappa shape index (κ3) is 3.15. The van der Waals surface area contributed by atoms with Crippen molar-refractivity contribution in [2.45, 2.75) is 0 Å². The highest BCUT2D eigenvalue weighted by atomic mass is 35.5. The normalized spacial score (nSPS) is 16.4. The van der Waals surface area contributed by atoms with Gasteiger partial charge in [-0.05, 0) is 0 Å². The molecular weight excluding hydrogens is 280 g/mol. The molecule has 0 bridgehead atoms. The zero-order chi connectivity index (χ0) is 13.8. The fourth-order valence-corrected chi connectivity index (χ4v) is 2.29. The maximum atomic E-state index is 6.03. The van der Waals surface area contributed by atoms with E-state index in [2.05, 4.69) is 19.9 Å². The lowest BCUT2D eigenvalue weighted by Gasteiger charge is -2.26. The molecule has 1 fully saturated rings. The first-order valence-corrected chi connectivity index (χ1v) is 6.90. The van der Waals surface area contributed by atoms with Crippen LogP contribution in [0, 0.1) is 0 Å². The molecule has 0 aromatic carbocycles. The van der Waals surface area contributed by atoms with Crippen LogP contribution in [0.2, 0.25) is 5.15 Å². The fraction of sp³-hybridized carbons (Fsp3) is 0.462. The highest BCUT2D eigenvalue weighted by Gasteiger charge is 2.10. The summed E-state index contributed by atoms with van der Waals surface area (Å²) in [5.74, 6) is 0.544. The van der Waals surface area contributed by atoms with Crippen LogP contribution in [0.4, 0.5) is 0 Å². The molecule has 0 N–H and O–H groups in total. The number of aromatic nitrogens is 3. The zero-order valence-corrected chi connectivity index (χ0v) is 11.7. The zero-order valence-electron chi connectivity index (χ0n) is 11.0. The van der Waals surface area contributed by atoms with E-state index in [0.717, 1.165) is 38.2 Å². The van der Waals surface area contributed by atoms with Crippen LogP contribution in [-0.2, 0) is 4.74 Å². The summed E-state index contributed by atoms with van der Waals surface area (Å²) in [6, 6.07) is 1.77. The molecule has 0 radical (unpaired) electrons. The van der Waals surface area contributed by atoms with E-state index in [1.807, 2.05) is 0 Å². The molecule has 0 unspecified atom stereocenters. The van der Waals surface area contributed by atoms with Crippen molar-refractivity contribution < 1.29 is 9.47 Å². The number of fused-ring (bicyclic) bond motifs is 1. The van der Waals surface area contributed by atoms with Gasteiger partial charge in [-0.2, -0.15) is 0 Å². The summed E-state index contributed by atoms with van der Waals surface area (Å²) < 4.78 is 11.0. The molecule has 0 spiro atoms. The molecule has 2 aromatic rings. The van der Waals surface area contributed by atoms with E-state index in [4.69, 9.17) is 21.1 Å². The molecule has 0 aliphatic carbocycles. The van der Waals surface area contributed by atoms with Gasteiger partial charge in [-0.3, -0.25) is 4.90 Å². The van der Waals surface area contributed by atoms with Crippen LogP contribution in [0.15, 0.2) is 18.6 Å². The van der Waals surface area contributed by atoms with Crippen molar-refractivity contribution in [2.24, 2.45) is 0 Å². The fourth-order valence-electron chi connectivity index (χ4n) is 2.09. The van der Waals surface area contributed by atoms with Gasteiger partial charge in [-0.25, -0.2) is 15.0 Å². The molecule has 3 rings (SSSR count). The minimum absolute atomic E-state index is 0.412. The van der Waals surface area contributed by atoms with Crippen LogP contribution in [0.3, 0.4) is 0 Å². The lowest BCUT2D eigenvalue weighted by molar-refractivity contribution is 0.0320. The first-order valence-electron chi connectivity index (χ1n) is 6.52. The minimum Gasteiger partial charge on any atom is -0.476 e. The lowest BCUT2D eigenvalue weighted by Crippen LogP contribution is -2.38. The van der Waals surface area contributed by atoms with E-state index >= 15 is 0 Å². The van der Waals surface area contributed by atoms with Crippen LogP contribution in [0.5, 0.6) is 5.88 Å². The molecule has 0 atom stereocenters. The number of nitrogens with zero attached hydrogens (tertiary/aromatic N) is 4. The largest absolute Gasteiger partial charge is 0.476 e. The maximum Gasteiger partial charge on any atom is 0.214 e. The van der Waals surface area contributed by atoms with E-state index in [1.165, 1.54) is 6.33 Å². The van der Waals surface area contributed by atoms with Crippen molar-refractivity contribution in [3.63, 3.8) is 0 Å². The van der Waals surface area contributed by atoms with Gasteiger partial charge in [0.1, 0.15) is 18.1 Å². The van der Waals surface area contributed by atoms with Gasteiger partial charge in [-0.15, -0.1) is 0 Å². The van der Waals surface area contributed by atoms with E-state index in [1.54, 1.807) is 12.3 Å². The molecule has 1 aliphatic rings. The Kier molecular flexibility index (Phi) is 4.25. The number of hydrogen-bond donors (Lipinski definition) is 0. The molecule has 7 heteroatoms. The molecule has 0 amide bonds. The van der Waals surface area contributed by atoms with Gasteiger partial charge in [0.15, 0.2) is 0 Å². The molecule has 1 saturated heterocycles. The number of ether oxygens (including phenoxy) is 2. The second-order valence-electron chi connectivity index (χ2n) is 4.51. The van der Waals surface area contributed by atoms with Crippen molar-refractivity contribution in [3.05, 3.63) is 23.7 Å². The molecule has 106 valence electrons. The lowest BCUT2D eigenvalue weighted by atomic mass is 10.3. The molecular formula is C13H15ClN4O2. The Morgan fingerprint density at radius 3 is 2.95 bits per heavy atom. The first kappa shape index (κ1) is 13.5. The Balaban J connectivity index is 1.61. The number of hydrogen-bond acceptors (Lipinski definition) is 6. The van der Waals surface area contributed by atoms with Gasteiger partial charge in [0, 0.05) is 31.1 Å². The van der Waals surface area contributed by atoms with Gasteiger partial charge in [0.25, 0.3) is 0 Å². The average Bonchev–Trinajstić information content (AvgIpc) is 2.49. The van der Waals surface area contributed by atoms with Crippen molar-refractivity contribution in [3.8, 4) is 5.88 Å². The predicted molar refractivity (Wildman–Crippen MR) is 75.1 cm³/mol. The highest BCUT2D eigenvalue weighted by Crippen LogP contribution is 2.21. The van der Waals surface area contributed by atoms with E-state index in [-0.39, 0.29) is 0 Å². The second-order valence-corrected chi connectivity index (χ2v) is 4.86. The van der Waals surface area contributed by atoms with Crippen molar-refractivity contribution in [2.75, 3.05) is 39.5 Å². The minimum atomic E-state index is 0.412. The first-order chi connectivity index (χ1) is 9.83. The number of rotatable bonds is 4.